The highest BCUT2D eigenvalue weighted by atomic mass is 35.5. The van der Waals surface area contributed by atoms with E-state index in [1.165, 1.54) is 6.07 Å². The molecule has 9 nitrogen and oxygen atoms in total. The first kappa shape index (κ1) is 34.4. The summed E-state index contributed by atoms with van der Waals surface area (Å²) in [6, 6.07) is 10.2. The average Bonchev–Trinajstić information content (AvgIpc) is 3.70. The molecule has 5 rings (SSSR count). The van der Waals surface area contributed by atoms with Crippen LogP contribution in [0.15, 0.2) is 36.4 Å². The predicted molar refractivity (Wildman–Crippen MR) is 171 cm³/mol. The fraction of sp³-hybridized carbons (Fsp3) is 0.484. The molecule has 0 aromatic heterocycles. The lowest BCUT2D eigenvalue weighted by molar-refractivity contribution is -0.137. The van der Waals surface area contributed by atoms with Gasteiger partial charge < -0.3 is 15.4 Å². The lowest BCUT2D eigenvalue weighted by Crippen LogP contribution is -2.57. The third-order valence-corrected chi connectivity index (χ3v) is 9.12. The topological polar surface area (TPSA) is 106 Å². The molecule has 45 heavy (non-hydrogen) atoms. The fourth-order valence-corrected chi connectivity index (χ4v) is 6.73. The van der Waals surface area contributed by atoms with Crippen molar-refractivity contribution in [2.45, 2.75) is 57.3 Å². The molecular weight excluding hydrogens is 629 g/mol. The monoisotopic (exact) mass is 664 g/mol. The Balaban J connectivity index is 0.00000461. The molecule has 14 heteroatoms. The smallest absolute Gasteiger partial charge is 0.417 e. The van der Waals surface area contributed by atoms with Crippen LogP contribution < -0.4 is 20.3 Å². The van der Waals surface area contributed by atoms with Crippen molar-refractivity contribution in [2.75, 3.05) is 49.1 Å². The van der Waals surface area contributed by atoms with E-state index in [-0.39, 0.29) is 34.7 Å². The van der Waals surface area contributed by atoms with Crippen LogP contribution in [0.25, 0.3) is 0 Å². The van der Waals surface area contributed by atoms with E-state index in [0.29, 0.717) is 31.0 Å². The summed E-state index contributed by atoms with van der Waals surface area (Å²) in [6.07, 6.45) is -2.02. The van der Waals surface area contributed by atoms with Gasteiger partial charge in [-0.15, -0.1) is 12.4 Å². The van der Waals surface area contributed by atoms with Crippen LogP contribution in [0.2, 0.25) is 0 Å². The van der Waals surface area contributed by atoms with Crippen LogP contribution in [-0.4, -0.2) is 77.1 Å². The normalized spacial score (nSPS) is 19.4. The number of piperazine rings is 1. The molecule has 1 saturated carbocycles. The molecule has 2 aromatic carbocycles. The molecule has 0 atom stereocenters. The van der Waals surface area contributed by atoms with Gasteiger partial charge >= 0.3 is 6.18 Å². The Bertz CT molecular complexity index is 1540. The van der Waals surface area contributed by atoms with Crippen LogP contribution in [-0.2, 0) is 22.2 Å². The van der Waals surface area contributed by atoms with Gasteiger partial charge in [0.15, 0.2) is 5.11 Å². The number of alkyl halides is 3. The van der Waals surface area contributed by atoms with E-state index >= 15 is 0 Å². The minimum atomic E-state index is -4.77. The summed E-state index contributed by atoms with van der Waals surface area (Å²) < 4.78 is 47.2. The van der Waals surface area contributed by atoms with E-state index in [1.54, 1.807) is 30.9 Å². The van der Waals surface area contributed by atoms with Crippen molar-refractivity contribution in [2.24, 2.45) is 5.73 Å². The van der Waals surface area contributed by atoms with Crippen molar-refractivity contribution < 1.29 is 27.5 Å². The molecule has 242 valence electrons. The SMILES string of the molecule is CCc1cc(N2C(=S)N(c3ccc(C#N)c(C(F)(F)F)c3)C(=O)C2(C)C)ccc1OCCN1CCN(CC(N)=O)C2(CC2)C1.Cl. The van der Waals surface area contributed by atoms with Crippen LogP contribution in [0.3, 0.4) is 0 Å². The summed E-state index contributed by atoms with van der Waals surface area (Å²) in [5.41, 5.74) is 4.09. The Hall–Kier alpha value is -3.44. The summed E-state index contributed by atoms with van der Waals surface area (Å²) in [7, 11) is 0. The zero-order valence-corrected chi connectivity index (χ0v) is 26.9. The van der Waals surface area contributed by atoms with Crippen molar-refractivity contribution >= 4 is 52.9 Å². The average molecular weight is 665 g/mol. The number of carbonyl (C=O) groups excluding carboxylic acids is 2. The molecule has 0 bridgehead atoms. The second-order valence-corrected chi connectivity index (χ2v) is 12.4. The minimum absolute atomic E-state index is 0. The van der Waals surface area contributed by atoms with Crippen LogP contribution in [0, 0.1) is 11.3 Å². The highest BCUT2D eigenvalue weighted by molar-refractivity contribution is 7.81. The molecule has 2 aliphatic heterocycles. The number of benzene rings is 2. The molecule has 2 amide bonds. The first-order valence-corrected chi connectivity index (χ1v) is 14.9. The standard InChI is InChI=1S/C31H35F3N6O3S.ClH/c1-4-20-15-23(7-8-25(20)43-14-13-37-11-12-38(18-26(36)41)30(19-37)9-10-30)40-28(44)39(27(42)29(40,2)3)22-6-5-21(17-35)24(16-22)31(32,33)34;/h5-8,15-16H,4,9-14,18-19H2,1-3H3,(H2,36,41);1H. The molecule has 2 saturated heterocycles. The van der Waals surface area contributed by atoms with Gasteiger partial charge in [0, 0.05) is 37.4 Å². The van der Waals surface area contributed by atoms with Gasteiger partial charge in [-0.2, -0.15) is 18.4 Å². The van der Waals surface area contributed by atoms with Crippen molar-refractivity contribution in [3.05, 3.63) is 53.1 Å². The summed E-state index contributed by atoms with van der Waals surface area (Å²) in [6.45, 7) is 9.31. The first-order valence-electron chi connectivity index (χ1n) is 14.5. The quantitative estimate of drug-likeness (QED) is 0.391. The zero-order valence-electron chi connectivity index (χ0n) is 25.3. The number of nitrogens with zero attached hydrogens (tertiary/aromatic N) is 5. The molecule has 0 radical (unpaired) electrons. The number of primary amides is 1. The molecule has 2 N–H and O–H groups in total. The fourth-order valence-electron chi connectivity index (χ4n) is 6.21. The molecule has 2 aromatic rings. The van der Waals surface area contributed by atoms with Crippen molar-refractivity contribution in [1.82, 2.24) is 9.80 Å². The van der Waals surface area contributed by atoms with Crippen molar-refractivity contribution in [1.29, 1.82) is 5.26 Å². The zero-order chi connectivity index (χ0) is 32.0. The summed E-state index contributed by atoms with van der Waals surface area (Å²) in [5.74, 6) is -0.0792. The number of carbonyl (C=O) groups is 2. The van der Waals surface area contributed by atoms with E-state index in [2.05, 4.69) is 9.80 Å². The lowest BCUT2D eigenvalue weighted by atomic mass is 10.0. The maximum Gasteiger partial charge on any atom is 0.417 e. The van der Waals surface area contributed by atoms with Crippen LogP contribution in [0.5, 0.6) is 5.75 Å². The highest BCUT2D eigenvalue weighted by Gasteiger charge is 2.52. The Kier molecular flexibility index (Phi) is 9.76. The molecule has 1 spiro atoms. The molecule has 3 fully saturated rings. The minimum Gasteiger partial charge on any atom is -0.492 e. The maximum absolute atomic E-state index is 13.7. The van der Waals surface area contributed by atoms with Crippen molar-refractivity contribution in [3.8, 4) is 11.8 Å². The number of halogens is 4. The highest BCUT2D eigenvalue weighted by Crippen LogP contribution is 2.44. The van der Waals surface area contributed by atoms with E-state index in [1.807, 2.05) is 19.1 Å². The van der Waals surface area contributed by atoms with Crippen LogP contribution >= 0.6 is 24.6 Å². The number of ether oxygens (including phenoxy) is 1. The lowest BCUT2D eigenvalue weighted by Gasteiger charge is -2.41. The largest absolute Gasteiger partial charge is 0.492 e. The number of thiocarbonyl (C=S) groups is 1. The van der Waals surface area contributed by atoms with Gasteiger partial charge in [0.05, 0.1) is 29.4 Å². The summed E-state index contributed by atoms with van der Waals surface area (Å²) in [4.78, 5) is 32.3. The Morgan fingerprint density at radius 1 is 1.13 bits per heavy atom. The second kappa shape index (κ2) is 12.7. The molecular formula is C31H36ClF3N6O3S. The predicted octanol–water partition coefficient (Wildman–Crippen LogP) is 4.49. The van der Waals surface area contributed by atoms with Gasteiger partial charge in [0.1, 0.15) is 17.9 Å². The number of nitriles is 1. The Labute approximate surface area is 272 Å². The third-order valence-electron chi connectivity index (χ3n) is 8.75. The number of amides is 2. The maximum atomic E-state index is 13.7. The van der Waals surface area contributed by atoms with E-state index in [4.69, 9.17) is 22.7 Å². The van der Waals surface area contributed by atoms with Gasteiger partial charge in [-0.25, -0.2) is 0 Å². The Morgan fingerprint density at radius 3 is 2.42 bits per heavy atom. The van der Waals surface area contributed by atoms with E-state index in [9.17, 15) is 28.0 Å². The van der Waals surface area contributed by atoms with Gasteiger partial charge in [0.2, 0.25) is 5.91 Å². The third kappa shape index (κ3) is 6.60. The summed E-state index contributed by atoms with van der Waals surface area (Å²) in [5, 5.41) is 9.21. The van der Waals surface area contributed by atoms with Gasteiger partial charge in [-0.3, -0.25) is 24.3 Å². The molecule has 1 aliphatic carbocycles. The number of aryl methyl sites for hydroxylation is 1. The number of hydrogen-bond acceptors (Lipinski definition) is 7. The van der Waals surface area contributed by atoms with Gasteiger partial charge in [-0.1, -0.05) is 6.92 Å². The second-order valence-electron chi connectivity index (χ2n) is 12.0. The number of nitrogens with two attached hydrogens (primary N) is 1. The molecule has 0 unspecified atom stereocenters. The van der Waals surface area contributed by atoms with Crippen molar-refractivity contribution in [3.63, 3.8) is 0 Å². The number of hydrogen-bond donors (Lipinski definition) is 1. The van der Waals surface area contributed by atoms with Gasteiger partial charge in [0.25, 0.3) is 5.91 Å². The Morgan fingerprint density at radius 2 is 1.82 bits per heavy atom. The van der Waals surface area contributed by atoms with Crippen LogP contribution in [0.1, 0.15) is 50.3 Å². The van der Waals surface area contributed by atoms with E-state index < -0.39 is 28.7 Å². The summed E-state index contributed by atoms with van der Waals surface area (Å²) >= 11 is 5.68. The molecule has 3 aliphatic rings. The molecule has 2 heterocycles. The first-order chi connectivity index (χ1) is 20.7. The van der Waals surface area contributed by atoms with Gasteiger partial charge in [-0.05, 0) is 87.3 Å². The van der Waals surface area contributed by atoms with Crippen LogP contribution in [0.4, 0.5) is 24.5 Å². The number of anilines is 2. The number of rotatable bonds is 9. The van der Waals surface area contributed by atoms with E-state index in [0.717, 1.165) is 61.6 Å².